The monoisotopic (exact) mass is 538 g/mol. The SMILES string of the molecule is CCOc1cccc(N2C(=O)[C@H]3[C@@H](ON(c4ccccc4)[C@H]3c3cc(Br)c(O)c(OC)c3)C2=O)c1. The summed E-state index contributed by atoms with van der Waals surface area (Å²) >= 11 is 3.37. The maximum atomic E-state index is 13.8. The number of phenolic OH excluding ortho intramolecular Hbond substituents is 1. The number of hydrogen-bond donors (Lipinski definition) is 1. The minimum Gasteiger partial charge on any atom is -0.503 e. The van der Waals surface area contributed by atoms with E-state index >= 15 is 0 Å². The van der Waals surface area contributed by atoms with E-state index in [4.69, 9.17) is 14.3 Å². The summed E-state index contributed by atoms with van der Waals surface area (Å²) in [5.41, 5.74) is 1.77. The smallest absolute Gasteiger partial charge is 0.266 e. The van der Waals surface area contributed by atoms with Crippen molar-refractivity contribution in [2.75, 3.05) is 23.7 Å². The van der Waals surface area contributed by atoms with Crippen LogP contribution in [0, 0.1) is 5.92 Å². The van der Waals surface area contributed by atoms with Crippen LogP contribution in [0.5, 0.6) is 17.2 Å². The molecule has 180 valence electrons. The second-order valence-corrected chi connectivity index (χ2v) is 9.01. The average Bonchev–Trinajstić information content (AvgIpc) is 3.37. The minimum absolute atomic E-state index is 0.0545. The number of methoxy groups -OCH3 is 1. The Hall–Kier alpha value is -3.56. The maximum Gasteiger partial charge on any atom is 0.266 e. The van der Waals surface area contributed by atoms with Gasteiger partial charge in [0, 0.05) is 6.07 Å². The molecule has 2 amide bonds. The van der Waals surface area contributed by atoms with Crippen molar-refractivity contribution in [3.63, 3.8) is 0 Å². The third-order valence-corrected chi connectivity index (χ3v) is 6.73. The van der Waals surface area contributed by atoms with E-state index in [1.54, 1.807) is 41.5 Å². The van der Waals surface area contributed by atoms with Crippen LogP contribution in [0.1, 0.15) is 18.5 Å². The van der Waals surface area contributed by atoms with Gasteiger partial charge in [0.2, 0.25) is 5.91 Å². The molecule has 2 heterocycles. The van der Waals surface area contributed by atoms with Gasteiger partial charge in [-0.2, -0.15) is 0 Å². The molecule has 0 saturated carbocycles. The number of hydrogen-bond acceptors (Lipinski definition) is 7. The van der Waals surface area contributed by atoms with Crippen molar-refractivity contribution in [1.82, 2.24) is 0 Å². The van der Waals surface area contributed by atoms with Gasteiger partial charge in [0.25, 0.3) is 5.91 Å². The average molecular weight is 539 g/mol. The Morgan fingerprint density at radius 2 is 1.74 bits per heavy atom. The van der Waals surface area contributed by atoms with E-state index in [1.807, 2.05) is 37.3 Å². The molecule has 35 heavy (non-hydrogen) atoms. The molecule has 2 saturated heterocycles. The van der Waals surface area contributed by atoms with Crippen LogP contribution >= 0.6 is 15.9 Å². The van der Waals surface area contributed by atoms with Gasteiger partial charge in [-0.05, 0) is 64.8 Å². The van der Waals surface area contributed by atoms with Crippen LogP contribution in [0.25, 0.3) is 0 Å². The van der Waals surface area contributed by atoms with Crippen LogP contribution in [-0.2, 0) is 14.4 Å². The number of para-hydroxylation sites is 1. The van der Waals surface area contributed by atoms with Gasteiger partial charge >= 0.3 is 0 Å². The fourth-order valence-electron chi connectivity index (χ4n) is 4.61. The van der Waals surface area contributed by atoms with Crippen LogP contribution in [-0.4, -0.2) is 36.7 Å². The molecule has 2 fully saturated rings. The van der Waals surface area contributed by atoms with Gasteiger partial charge in [-0.25, -0.2) is 9.96 Å². The fraction of sp³-hybridized carbons (Fsp3) is 0.231. The van der Waals surface area contributed by atoms with E-state index in [1.165, 1.54) is 12.0 Å². The van der Waals surface area contributed by atoms with Gasteiger partial charge in [-0.15, -0.1) is 0 Å². The molecular formula is C26H23BrN2O6. The summed E-state index contributed by atoms with van der Waals surface area (Å²) in [6.07, 6.45) is -1.01. The summed E-state index contributed by atoms with van der Waals surface area (Å²) in [5.74, 6) is -0.884. The Kier molecular flexibility index (Phi) is 6.12. The second kappa shape index (κ2) is 9.24. The lowest BCUT2D eigenvalue weighted by atomic mass is 9.90. The van der Waals surface area contributed by atoms with E-state index in [0.29, 0.717) is 33.8 Å². The van der Waals surface area contributed by atoms with Gasteiger partial charge < -0.3 is 14.6 Å². The van der Waals surface area contributed by atoms with E-state index < -0.39 is 24.0 Å². The van der Waals surface area contributed by atoms with Crippen molar-refractivity contribution in [2.45, 2.75) is 19.1 Å². The first-order chi connectivity index (χ1) is 16.9. The molecule has 2 aliphatic heterocycles. The molecule has 0 spiro atoms. The summed E-state index contributed by atoms with van der Waals surface area (Å²) in [6, 6.07) is 18.9. The van der Waals surface area contributed by atoms with E-state index in [-0.39, 0.29) is 17.4 Å². The first-order valence-electron chi connectivity index (χ1n) is 11.1. The molecule has 5 rings (SSSR count). The summed E-state index contributed by atoms with van der Waals surface area (Å²) in [6.45, 7) is 2.33. The Morgan fingerprint density at radius 1 is 1.00 bits per heavy atom. The molecule has 3 aromatic rings. The molecule has 0 bridgehead atoms. The summed E-state index contributed by atoms with van der Waals surface area (Å²) in [4.78, 5) is 34.6. The predicted octanol–water partition coefficient (Wildman–Crippen LogP) is 4.61. The number of imide groups is 1. The number of amides is 2. The molecule has 9 heteroatoms. The number of halogens is 1. The van der Waals surface area contributed by atoms with Gasteiger partial charge in [0.05, 0.1) is 35.6 Å². The number of carbonyl (C=O) groups is 2. The number of phenols is 1. The molecule has 0 aliphatic carbocycles. The Morgan fingerprint density at radius 3 is 2.46 bits per heavy atom. The van der Waals surface area contributed by atoms with Gasteiger partial charge in [-0.3, -0.25) is 14.4 Å². The second-order valence-electron chi connectivity index (χ2n) is 8.15. The largest absolute Gasteiger partial charge is 0.503 e. The molecule has 8 nitrogen and oxygen atoms in total. The number of nitrogens with zero attached hydrogens (tertiary/aromatic N) is 2. The van der Waals surface area contributed by atoms with Crippen molar-refractivity contribution in [1.29, 1.82) is 0 Å². The highest BCUT2D eigenvalue weighted by atomic mass is 79.9. The van der Waals surface area contributed by atoms with Crippen LogP contribution in [0.3, 0.4) is 0 Å². The van der Waals surface area contributed by atoms with Gasteiger partial charge in [0.1, 0.15) is 11.7 Å². The highest BCUT2D eigenvalue weighted by molar-refractivity contribution is 9.10. The van der Waals surface area contributed by atoms with E-state index in [0.717, 1.165) is 0 Å². The number of rotatable bonds is 6. The quantitative estimate of drug-likeness (QED) is 0.458. The normalized spacial score (nSPS) is 21.4. The number of ether oxygens (including phenoxy) is 2. The van der Waals surface area contributed by atoms with Crippen LogP contribution in [0.15, 0.2) is 71.2 Å². The number of fused-ring (bicyclic) bond motifs is 1. The van der Waals surface area contributed by atoms with Crippen molar-refractivity contribution in [3.8, 4) is 17.2 Å². The molecule has 2 aliphatic rings. The standard InChI is InChI=1S/C26H23BrN2O6/c1-3-34-18-11-7-10-17(14-18)28-25(31)21-22(15-12-19(27)23(30)20(13-15)33-2)29(35-24(21)26(28)32)16-8-5-4-6-9-16/h4-14,21-22,24,30H,3H2,1-2H3/t21-,22+,24-/m1/s1. The third kappa shape index (κ3) is 3.90. The molecule has 3 aromatic carbocycles. The molecule has 0 radical (unpaired) electrons. The van der Waals surface area contributed by atoms with Crippen molar-refractivity contribution < 1.29 is 29.0 Å². The summed E-state index contributed by atoms with van der Waals surface area (Å²) in [7, 11) is 1.45. The van der Waals surface area contributed by atoms with Crippen molar-refractivity contribution in [2.24, 2.45) is 5.92 Å². The summed E-state index contributed by atoms with van der Waals surface area (Å²) < 4.78 is 11.3. The summed E-state index contributed by atoms with van der Waals surface area (Å²) in [5, 5.41) is 11.9. The van der Waals surface area contributed by atoms with Crippen molar-refractivity contribution >= 4 is 39.1 Å². The zero-order valence-electron chi connectivity index (χ0n) is 19.1. The first kappa shape index (κ1) is 23.2. The lowest BCUT2D eigenvalue weighted by molar-refractivity contribution is -0.126. The molecule has 3 atom stereocenters. The highest BCUT2D eigenvalue weighted by Gasteiger charge is 2.60. The first-order valence-corrected chi connectivity index (χ1v) is 11.9. The Labute approximate surface area is 210 Å². The third-order valence-electron chi connectivity index (χ3n) is 6.13. The predicted molar refractivity (Wildman–Crippen MR) is 132 cm³/mol. The zero-order chi connectivity index (χ0) is 24.7. The number of hydroxylamine groups is 1. The van der Waals surface area contributed by atoms with Crippen LogP contribution in [0.4, 0.5) is 11.4 Å². The topological polar surface area (TPSA) is 88.5 Å². The lowest BCUT2D eigenvalue weighted by Crippen LogP contribution is -2.37. The van der Waals surface area contributed by atoms with E-state index in [9.17, 15) is 14.7 Å². The number of anilines is 2. The Bertz CT molecular complexity index is 1280. The molecular weight excluding hydrogens is 516 g/mol. The zero-order valence-corrected chi connectivity index (χ0v) is 20.6. The Balaban J connectivity index is 1.60. The highest BCUT2D eigenvalue weighted by Crippen LogP contribution is 2.49. The van der Waals surface area contributed by atoms with Crippen molar-refractivity contribution in [3.05, 3.63) is 76.8 Å². The van der Waals surface area contributed by atoms with Crippen LogP contribution < -0.4 is 19.4 Å². The number of aromatic hydroxyl groups is 1. The molecule has 1 N–H and O–H groups in total. The van der Waals surface area contributed by atoms with Crippen LogP contribution in [0.2, 0.25) is 0 Å². The number of carbonyl (C=O) groups excluding carboxylic acids is 2. The minimum atomic E-state index is -1.01. The maximum absolute atomic E-state index is 13.8. The van der Waals surface area contributed by atoms with Gasteiger partial charge in [0.15, 0.2) is 17.6 Å². The fourth-order valence-corrected chi connectivity index (χ4v) is 5.07. The molecule has 0 unspecified atom stereocenters. The molecule has 0 aromatic heterocycles. The van der Waals surface area contributed by atoms with E-state index in [2.05, 4.69) is 15.9 Å². The number of benzene rings is 3. The van der Waals surface area contributed by atoms with Gasteiger partial charge in [-0.1, -0.05) is 24.3 Å². The lowest BCUT2D eigenvalue weighted by Gasteiger charge is -2.29.